The second kappa shape index (κ2) is 6.86. The molecule has 3 aromatic rings. The van der Waals surface area contributed by atoms with Crippen LogP contribution in [0.4, 0.5) is 0 Å². The van der Waals surface area contributed by atoms with Gasteiger partial charge in [-0.3, -0.25) is 0 Å². The fourth-order valence-corrected chi connectivity index (χ4v) is 2.86. The summed E-state index contributed by atoms with van der Waals surface area (Å²) in [5.41, 5.74) is 1.20. The first-order valence-electron chi connectivity index (χ1n) is 8.50. The van der Waals surface area contributed by atoms with Gasteiger partial charge < -0.3 is 19.4 Å². The predicted molar refractivity (Wildman–Crippen MR) is 97.7 cm³/mol. The molecule has 0 aliphatic heterocycles. The molecule has 3 rings (SSSR count). The molecule has 132 valence electrons. The fraction of sp³-hybridized carbons (Fsp3) is 0.350. The van der Waals surface area contributed by atoms with E-state index in [0.717, 1.165) is 22.8 Å². The number of aryl methyl sites for hydroxylation is 2. The Kier molecular flexibility index (Phi) is 4.79. The average molecular weight is 339 g/mol. The second-order valence-electron chi connectivity index (χ2n) is 6.72. The Labute approximate surface area is 148 Å². The first-order chi connectivity index (χ1) is 11.9. The lowest BCUT2D eigenvalue weighted by Gasteiger charge is -2.24. The van der Waals surface area contributed by atoms with E-state index in [4.69, 9.17) is 4.42 Å². The molecule has 2 heterocycles. The van der Waals surface area contributed by atoms with Gasteiger partial charge in [-0.2, -0.15) is 0 Å². The van der Waals surface area contributed by atoms with Crippen molar-refractivity contribution in [2.24, 2.45) is 0 Å². The molecule has 5 nitrogen and oxygen atoms in total. The molecule has 2 atom stereocenters. The van der Waals surface area contributed by atoms with E-state index < -0.39 is 5.60 Å². The van der Waals surface area contributed by atoms with Crippen molar-refractivity contribution in [3.8, 4) is 5.69 Å². The topological polar surface area (TPSA) is 63.2 Å². The molecule has 0 aliphatic rings. The third-order valence-electron chi connectivity index (χ3n) is 4.52. The van der Waals surface area contributed by atoms with Crippen LogP contribution in [0.25, 0.3) is 5.69 Å². The molecule has 0 bridgehead atoms. The van der Waals surface area contributed by atoms with Crippen molar-refractivity contribution in [1.29, 1.82) is 0 Å². The summed E-state index contributed by atoms with van der Waals surface area (Å²) in [6.07, 6.45) is 3.75. The van der Waals surface area contributed by atoms with Gasteiger partial charge in [0.25, 0.3) is 0 Å². The molecule has 2 N–H and O–H groups in total. The lowest BCUT2D eigenvalue weighted by atomic mass is 10.0. The van der Waals surface area contributed by atoms with Crippen molar-refractivity contribution in [1.82, 2.24) is 14.9 Å². The van der Waals surface area contributed by atoms with Gasteiger partial charge in [-0.05, 0) is 57.5 Å². The summed E-state index contributed by atoms with van der Waals surface area (Å²) in [5, 5.41) is 14.0. The Morgan fingerprint density at radius 1 is 1.20 bits per heavy atom. The first kappa shape index (κ1) is 17.5. The van der Waals surface area contributed by atoms with Gasteiger partial charge in [0.05, 0.1) is 0 Å². The fourth-order valence-electron chi connectivity index (χ4n) is 2.86. The molecule has 0 saturated heterocycles. The Hall–Kier alpha value is -2.37. The van der Waals surface area contributed by atoms with Crippen LogP contribution in [-0.4, -0.2) is 21.2 Å². The molecular weight excluding hydrogens is 314 g/mol. The van der Waals surface area contributed by atoms with Gasteiger partial charge in [-0.1, -0.05) is 12.1 Å². The van der Waals surface area contributed by atoms with E-state index in [1.165, 1.54) is 0 Å². The van der Waals surface area contributed by atoms with E-state index >= 15 is 0 Å². The smallest absolute Gasteiger partial charge is 0.136 e. The van der Waals surface area contributed by atoms with Crippen molar-refractivity contribution < 1.29 is 9.52 Å². The third kappa shape index (κ3) is 3.83. The molecule has 2 aromatic heterocycles. The maximum Gasteiger partial charge on any atom is 0.136 e. The zero-order valence-corrected chi connectivity index (χ0v) is 15.2. The molecule has 0 amide bonds. The van der Waals surface area contributed by atoms with Crippen LogP contribution in [-0.2, 0) is 5.60 Å². The third-order valence-corrected chi connectivity index (χ3v) is 4.52. The zero-order valence-electron chi connectivity index (χ0n) is 15.2. The van der Waals surface area contributed by atoms with Crippen LogP contribution < -0.4 is 5.32 Å². The quantitative estimate of drug-likeness (QED) is 0.720. The van der Waals surface area contributed by atoms with Crippen LogP contribution in [0, 0.1) is 13.8 Å². The van der Waals surface area contributed by atoms with Crippen LogP contribution in [0.5, 0.6) is 0 Å². The van der Waals surface area contributed by atoms with Crippen LogP contribution in [0.15, 0.2) is 53.2 Å². The lowest BCUT2D eigenvalue weighted by molar-refractivity contribution is 0.0313. The van der Waals surface area contributed by atoms with Crippen molar-refractivity contribution in [2.75, 3.05) is 6.54 Å². The van der Waals surface area contributed by atoms with E-state index in [1.54, 1.807) is 13.1 Å². The number of hydrogen-bond acceptors (Lipinski definition) is 4. The molecule has 2 unspecified atom stereocenters. The molecular formula is C20H25N3O2. The predicted octanol–water partition coefficient (Wildman–Crippen LogP) is 3.64. The van der Waals surface area contributed by atoms with E-state index in [1.807, 2.05) is 36.7 Å². The molecule has 0 radical (unpaired) electrons. The molecule has 0 aliphatic carbocycles. The van der Waals surface area contributed by atoms with Crippen LogP contribution in [0.3, 0.4) is 0 Å². The van der Waals surface area contributed by atoms with E-state index in [9.17, 15) is 5.11 Å². The molecule has 0 saturated carbocycles. The average Bonchev–Trinajstić information content (AvgIpc) is 3.22. The van der Waals surface area contributed by atoms with Gasteiger partial charge in [0, 0.05) is 30.7 Å². The summed E-state index contributed by atoms with van der Waals surface area (Å²) in [6.45, 7) is 8.11. The number of benzene rings is 1. The largest absolute Gasteiger partial charge is 0.463 e. The Balaban J connectivity index is 1.65. The normalized spacial score (nSPS) is 15.1. The first-order valence-corrected chi connectivity index (χ1v) is 8.50. The zero-order chi connectivity index (χ0) is 18.0. The summed E-state index contributed by atoms with van der Waals surface area (Å²) >= 11 is 0. The minimum Gasteiger partial charge on any atom is -0.463 e. The summed E-state index contributed by atoms with van der Waals surface area (Å²) in [4.78, 5) is 4.25. The summed E-state index contributed by atoms with van der Waals surface area (Å²) in [6, 6.07) is 12.2. The van der Waals surface area contributed by atoms with Gasteiger partial charge >= 0.3 is 0 Å². The van der Waals surface area contributed by atoms with Crippen LogP contribution >= 0.6 is 0 Å². The number of hydrogen-bond donors (Lipinski definition) is 2. The number of nitrogens with one attached hydrogen (secondary N) is 1. The van der Waals surface area contributed by atoms with Gasteiger partial charge in [-0.25, -0.2) is 4.98 Å². The highest BCUT2D eigenvalue weighted by Gasteiger charge is 2.27. The van der Waals surface area contributed by atoms with Gasteiger partial charge in [-0.15, -0.1) is 0 Å². The SMILES string of the molecule is Cc1ccc(C(C)(O)CNC(C)c2ccc(-n3ccnc3C)cc2)o1. The number of aliphatic hydroxyl groups is 1. The highest BCUT2D eigenvalue weighted by molar-refractivity contribution is 5.36. The Morgan fingerprint density at radius 2 is 1.92 bits per heavy atom. The maximum absolute atomic E-state index is 10.6. The standard InChI is InChI=1S/C20H25N3O2/c1-14-5-10-19(25-14)20(4,24)13-22-15(2)17-6-8-18(9-7-17)23-12-11-21-16(23)3/h5-12,15,22,24H,13H2,1-4H3. The van der Waals surface area contributed by atoms with Crippen LogP contribution in [0.1, 0.15) is 42.8 Å². The van der Waals surface area contributed by atoms with Crippen molar-refractivity contribution in [3.63, 3.8) is 0 Å². The Morgan fingerprint density at radius 3 is 2.48 bits per heavy atom. The van der Waals surface area contributed by atoms with Gasteiger partial charge in [0.15, 0.2) is 0 Å². The second-order valence-corrected chi connectivity index (χ2v) is 6.72. The molecule has 5 heteroatoms. The molecule has 0 spiro atoms. The lowest BCUT2D eigenvalue weighted by Crippen LogP contribution is -2.36. The summed E-state index contributed by atoms with van der Waals surface area (Å²) in [5.74, 6) is 2.34. The Bertz CT molecular complexity index is 831. The highest BCUT2D eigenvalue weighted by Crippen LogP contribution is 2.24. The number of furan rings is 1. The maximum atomic E-state index is 10.6. The number of rotatable bonds is 6. The molecule has 0 fully saturated rings. The molecule has 1 aromatic carbocycles. The van der Waals surface area contributed by atoms with Gasteiger partial charge in [0.1, 0.15) is 22.9 Å². The van der Waals surface area contributed by atoms with Crippen molar-refractivity contribution >= 4 is 0 Å². The van der Waals surface area contributed by atoms with Crippen molar-refractivity contribution in [3.05, 3.63) is 71.7 Å². The van der Waals surface area contributed by atoms with E-state index in [0.29, 0.717) is 12.3 Å². The van der Waals surface area contributed by atoms with Crippen molar-refractivity contribution in [2.45, 2.75) is 39.3 Å². The summed E-state index contributed by atoms with van der Waals surface area (Å²) < 4.78 is 7.60. The van der Waals surface area contributed by atoms with E-state index in [-0.39, 0.29) is 6.04 Å². The number of aromatic nitrogens is 2. The summed E-state index contributed by atoms with van der Waals surface area (Å²) in [7, 11) is 0. The minimum atomic E-state index is -1.05. The van der Waals surface area contributed by atoms with E-state index in [2.05, 4.69) is 41.5 Å². The molecule has 25 heavy (non-hydrogen) atoms. The highest BCUT2D eigenvalue weighted by atomic mass is 16.4. The van der Waals surface area contributed by atoms with Crippen LogP contribution in [0.2, 0.25) is 0 Å². The van der Waals surface area contributed by atoms with Gasteiger partial charge in [0.2, 0.25) is 0 Å². The number of imidazole rings is 1. The minimum absolute atomic E-state index is 0.112. The number of nitrogens with zero attached hydrogens (tertiary/aromatic N) is 2. The monoisotopic (exact) mass is 339 g/mol.